The van der Waals surface area contributed by atoms with Crippen LogP contribution in [-0.2, 0) is 35.6 Å². The summed E-state index contributed by atoms with van der Waals surface area (Å²) in [4.78, 5) is 34.6. The third kappa shape index (κ3) is 6.65. The molecule has 184 valence electrons. The molecule has 0 aliphatic carbocycles. The fraction of sp³-hybridized carbons (Fsp3) is 0.240. The number of nitrogens with one attached hydrogen (secondary N) is 1. The Balaban J connectivity index is 1.95. The number of benzene rings is 3. The van der Waals surface area contributed by atoms with E-state index in [0.29, 0.717) is 0 Å². The van der Waals surface area contributed by atoms with Crippen LogP contribution >= 0.6 is 0 Å². The zero-order chi connectivity index (χ0) is 25.4. The van der Waals surface area contributed by atoms with Crippen LogP contribution in [0, 0.1) is 0 Å². The van der Waals surface area contributed by atoms with Gasteiger partial charge in [0.1, 0.15) is 16.9 Å². The summed E-state index contributed by atoms with van der Waals surface area (Å²) >= 11 is 0. The van der Waals surface area contributed by atoms with E-state index < -0.39 is 40.5 Å². The molecule has 0 saturated heterocycles. The molecule has 0 fully saturated rings. The molecule has 3 aromatic rings. The summed E-state index contributed by atoms with van der Waals surface area (Å²) in [6.07, 6.45) is -1.58. The molecular formula is C25H25NO8S. The molecule has 35 heavy (non-hydrogen) atoms. The fourth-order valence-corrected chi connectivity index (χ4v) is 4.87. The van der Waals surface area contributed by atoms with Gasteiger partial charge in [-0.2, -0.15) is 0 Å². The van der Waals surface area contributed by atoms with Gasteiger partial charge in [0.2, 0.25) is 10.0 Å². The first kappa shape index (κ1) is 25.9. The molecule has 9 nitrogen and oxygen atoms in total. The van der Waals surface area contributed by atoms with Crippen molar-refractivity contribution in [3.05, 3.63) is 72.3 Å². The summed E-state index contributed by atoms with van der Waals surface area (Å²) in [5.74, 6) is -2.15. The Bertz CT molecular complexity index is 1320. The molecule has 0 spiro atoms. The van der Waals surface area contributed by atoms with E-state index in [9.17, 15) is 22.8 Å². The van der Waals surface area contributed by atoms with Gasteiger partial charge in [0.25, 0.3) is 0 Å². The van der Waals surface area contributed by atoms with Crippen molar-refractivity contribution in [1.29, 1.82) is 0 Å². The lowest BCUT2D eigenvalue weighted by molar-refractivity contribution is -0.151. The predicted molar refractivity (Wildman–Crippen MR) is 128 cm³/mol. The molecule has 0 heterocycles. The van der Waals surface area contributed by atoms with Crippen molar-refractivity contribution in [3.8, 4) is 5.75 Å². The first-order chi connectivity index (χ1) is 16.7. The van der Waals surface area contributed by atoms with Crippen LogP contribution in [-0.4, -0.2) is 50.5 Å². The molecule has 0 aromatic heterocycles. The van der Waals surface area contributed by atoms with Crippen molar-refractivity contribution >= 4 is 39.0 Å². The number of rotatable bonds is 12. The summed E-state index contributed by atoms with van der Waals surface area (Å²) in [6.45, 7) is 1.75. The Morgan fingerprint density at radius 2 is 1.71 bits per heavy atom. The van der Waals surface area contributed by atoms with Gasteiger partial charge >= 0.3 is 11.9 Å². The van der Waals surface area contributed by atoms with Crippen molar-refractivity contribution in [1.82, 2.24) is 4.72 Å². The van der Waals surface area contributed by atoms with Gasteiger partial charge in [0.15, 0.2) is 6.10 Å². The second-order valence-corrected chi connectivity index (χ2v) is 9.29. The summed E-state index contributed by atoms with van der Waals surface area (Å²) in [5.41, 5.74) is 0.807. The van der Waals surface area contributed by atoms with Crippen LogP contribution in [0.15, 0.2) is 71.6 Å². The van der Waals surface area contributed by atoms with Crippen LogP contribution in [0.25, 0.3) is 10.8 Å². The standard InChI is InChI=1S/C25H25NO8S/c1-2-33-25(30)22(14-18-10-7-9-17-8-3-4-11-20(17)18)34-21-12-5-6-13-23(21)35(31,32)26-19(16-27)15-24(28)29/h3-13,16,19,22,26H,2,14-15H2,1H3,(H,28,29)/t19?,22-/m0/s1. The number of ether oxygens (including phenoxy) is 2. The molecule has 0 aliphatic rings. The highest BCUT2D eigenvalue weighted by atomic mass is 32.2. The van der Waals surface area contributed by atoms with Gasteiger partial charge in [-0.3, -0.25) is 4.79 Å². The van der Waals surface area contributed by atoms with E-state index in [0.717, 1.165) is 16.3 Å². The number of carbonyl (C=O) groups is 3. The minimum atomic E-state index is -4.36. The smallest absolute Gasteiger partial charge is 0.347 e. The number of carboxylic acid groups (broad SMARTS) is 1. The van der Waals surface area contributed by atoms with Gasteiger partial charge in [-0.25, -0.2) is 17.9 Å². The second-order valence-electron chi connectivity index (χ2n) is 7.61. The van der Waals surface area contributed by atoms with Crippen molar-refractivity contribution in [3.63, 3.8) is 0 Å². The number of hydrogen-bond acceptors (Lipinski definition) is 7. The monoisotopic (exact) mass is 499 g/mol. The Kier molecular flexibility index (Phi) is 8.56. The van der Waals surface area contributed by atoms with E-state index in [1.807, 2.05) is 42.5 Å². The minimum absolute atomic E-state index is 0.103. The van der Waals surface area contributed by atoms with Crippen LogP contribution in [0.1, 0.15) is 18.9 Å². The third-order valence-corrected chi connectivity index (χ3v) is 6.64. The van der Waals surface area contributed by atoms with Gasteiger partial charge in [-0.05, 0) is 35.4 Å². The number of aliphatic carboxylic acids is 1. The van der Waals surface area contributed by atoms with Crippen LogP contribution in [0.2, 0.25) is 0 Å². The van der Waals surface area contributed by atoms with E-state index >= 15 is 0 Å². The van der Waals surface area contributed by atoms with Crippen molar-refractivity contribution < 1.29 is 37.4 Å². The Morgan fingerprint density at radius 3 is 2.43 bits per heavy atom. The molecular weight excluding hydrogens is 474 g/mol. The highest BCUT2D eigenvalue weighted by Crippen LogP contribution is 2.27. The van der Waals surface area contributed by atoms with Gasteiger partial charge < -0.3 is 19.4 Å². The molecule has 3 aromatic carbocycles. The number of carbonyl (C=O) groups excluding carboxylic acids is 2. The summed E-state index contributed by atoms with van der Waals surface area (Å²) in [5, 5.41) is 10.8. The Hall–Kier alpha value is -3.76. The second kappa shape index (κ2) is 11.6. The van der Waals surface area contributed by atoms with E-state index in [1.165, 1.54) is 24.3 Å². The van der Waals surface area contributed by atoms with Crippen LogP contribution in [0.5, 0.6) is 5.75 Å². The lowest BCUT2D eigenvalue weighted by Gasteiger charge is -2.21. The van der Waals surface area contributed by atoms with E-state index in [4.69, 9.17) is 14.6 Å². The number of sulfonamides is 1. The average molecular weight is 500 g/mol. The molecule has 0 saturated carbocycles. The molecule has 10 heteroatoms. The zero-order valence-electron chi connectivity index (χ0n) is 18.9. The number of esters is 1. The SMILES string of the molecule is CCOC(=O)[C@H](Cc1cccc2ccccc12)Oc1ccccc1S(=O)(=O)NC(C=O)CC(=O)O. The lowest BCUT2D eigenvalue weighted by atomic mass is 10.00. The molecule has 0 aliphatic heterocycles. The van der Waals surface area contributed by atoms with E-state index in [1.54, 1.807) is 6.92 Å². The number of para-hydroxylation sites is 1. The maximum Gasteiger partial charge on any atom is 0.347 e. The summed E-state index contributed by atoms with van der Waals surface area (Å²) < 4.78 is 39.0. The summed E-state index contributed by atoms with van der Waals surface area (Å²) in [6, 6.07) is 17.4. The average Bonchev–Trinajstić information content (AvgIpc) is 2.83. The predicted octanol–water partition coefficient (Wildman–Crippen LogP) is 2.71. The van der Waals surface area contributed by atoms with Crippen LogP contribution < -0.4 is 9.46 Å². The number of aldehydes is 1. The van der Waals surface area contributed by atoms with Gasteiger partial charge in [-0.1, -0.05) is 54.6 Å². The first-order valence-electron chi connectivity index (χ1n) is 10.8. The largest absolute Gasteiger partial charge is 0.481 e. The highest BCUT2D eigenvalue weighted by molar-refractivity contribution is 7.89. The topological polar surface area (TPSA) is 136 Å². The molecule has 0 bridgehead atoms. The molecule has 2 atom stereocenters. The van der Waals surface area contributed by atoms with Crippen LogP contribution in [0.3, 0.4) is 0 Å². The first-order valence-corrected chi connectivity index (χ1v) is 12.3. The molecule has 0 radical (unpaired) electrons. The van der Waals surface area contributed by atoms with Gasteiger partial charge in [0.05, 0.1) is 19.1 Å². The zero-order valence-corrected chi connectivity index (χ0v) is 19.7. The maximum absolute atomic E-state index is 13.0. The lowest BCUT2D eigenvalue weighted by Crippen LogP contribution is -2.38. The third-order valence-electron chi connectivity index (χ3n) is 5.11. The van der Waals surface area contributed by atoms with Gasteiger partial charge in [0, 0.05) is 6.42 Å². The van der Waals surface area contributed by atoms with Crippen LogP contribution in [0.4, 0.5) is 0 Å². The van der Waals surface area contributed by atoms with Gasteiger partial charge in [-0.15, -0.1) is 0 Å². The molecule has 2 N–H and O–H groups in total. The fourth-order valence-electron chi connectivity index (χ4n) is 3.57. The number of carboxylic acids is 1. The van der Waals surface area contributed by atoms with Crippen molar-refractivity contribution in [2.24, 2.45) is 0 Å². The van der Waals surface area contributed by atoms with E-state index in [-0.39, 0.29) is 30.0 Å². The Morgan fingerprint density at radius 1 is 1.03 bits per heavy atom. The summed E-state index contributed by atoms with van der Waals surface area (Å²) in [7, 11) is -4.36. The molecule has 0 amide bonds. The minimum Gasteiger partial charge on any atom is -0.481 e. The number of fused-ring (bicyclic) bond motifs is 1. The molecule has 1 unspecified atom stereocenters. The quantitative estimate of drug-likeness (QED) is 0.287. The van der Waals surface area contributed by atoms with Crippen molar-refractivity contribution in [2.75, 3.05) is 6.61 Å². The molecule has 3 rings (SSSR count). The Labute approximate surface area is 202 Å². The normalized spacial score (nSPS) is 13.1. The highest BCUT2D eigenvalue weighted by Gasteiger charge is 2.29. The number of hydrogen-bond donors (Lipinski definition) is 2. The maximum atomic E-state index is 13.0. The van der Waals surface area contributed by atoms with E-state index in [2.05, 4.69) is 4.72 Å². The van der Waals surface area contributed by atoms with Crippen molar-refractivity contribution in [2.45, 2.75) is 36.8 Å².